The van der Waals surface area contributed by atoms with Crippen LogP contribution in [0, 0.1) is 0 Å². The van der Waals surface area contributed by atoms with Crippen molar-refractivity contribution in [2.45, 2.75) is 116 Å². The van der Waals surface area contributed by atoms with Gasteiger partial charge in [-0.25, -0.2) is 9.13 Å². The van der Waals surface area contributed by atoms with Crippen molar-refractivity contribution in [3.05, 3.63) is 69.9 Å². The molecule has 0 aliphatic rings. The zero-order chi connectivity index (χ0) is 26.9. The Kier molecular flexibility index (Phi) is 18.0. The number of aryl methyl sites for hydroxylation is 2. The van der Waals surface area contributed by atoms with E-state index >= 15 is 0 Å². The number of rotatable bonds is 23. The van der Waals surface area contributed by atoms with Crippen molar-refractivity contribution in [1.29, 1.82) is 0 Å². The van der Waals surface area contributed by atoms with Crippen LogP contribution in [0.1, 0.15) is 103 Å². The molecular formula is C30H48N8+2. The van der Waals surface area contributed by atoms with Crippen molar-refractivity contribution >= 4 is 0 Å². The van der Waals surface area contributed by atoms with Gasteiger partial charge in [0.15, 0.2) is 24.8 Å². The molecule has 2 aromatic rings. The third kappa shape index (κ3) is 15.2. The minimum absolute atomic E-state index is 0.641. The van der Waals surface area contributed by atoms with Gasteiger partial charge in [-0.2, -0.15) is 0 Å². The first-order chi connectivity index (χ1) is 18.8. The standard InChI is InChI=1S/C30H48N8/c31-35-33-21-13-9-5-1-3-7-11-15-23-37-25-17-29(18-26-37)30-19-27-38(28-20-30)24-16-12-8-4-2-6-10-14-22-34-36-32/h17-20,25-28H,1-16,21-24H2/q+2. The molecule has 206 valence electrons. The zero-order valence-corrected chi connectivity index (χ0v) is 23.3. The van der Waals surface area contributed by atoms with Gasteiger partial charge in [-0.3, -0.25) is 0 Å². The Morgan fingerprint density at radius 1 is 0.447 bits per heavy atom. The predicted molar refractivity (Wildman–Crippen MR) is 154 cm³/mol. The van der Waals surface area contributed by atoms with Crippen molar-refractivity contribution < 1.29 is 9.13 Å². The number of azide groups is 2. The number of pyridine rings is 2. The highest BCUT2D eigenvalue weighted by atomic mass is 15.1. The van der Waals surface area contributed by atoms with E-state index in [-0.39, 0.29) is 0 Å². The minimum Gasteiger partial charge on any atom is -0.205 e. The average molecular weight is 521 g/mol. The monoisotopic (exact) mass is 520 g/mol. The highest BCUT2D eigenvalue weighted by molar-refractivity contribution is 5.60. The molecule has 2 aromatic heterocycles. The highest BCUT2D eigenvalue weighted by Gasteiger charge is 2.06. The largest absolute Gasteiger partial charge is 0.205 e. The molecular weight excluding hydrogens is 472 g/mol. The maximum absolute atomic E-state index is 8.27. The van der Waals surface area contributed by atoms with Gasteiger partial charge in [0.1, 0.15) is 13.1 Å². The van der Waals surface area contributed by atoms with Gasteiger partial charge >= 0.3 is 0 Å². The lowest BCUT2D eigenvalue weighted by Crippen LogP contribution is -2.33. The van der Waals surface area contributed by atoms with Crippen molar-refractivity contribution in [3.8, 4) is 11.1 Å². The van der Waals surface area contributed by atoms with Crippen molar-refractivity contribution in [1.82, 2.24) is 0 Å². The summed E-state index contributed by atoms with van der Waals surface area (Å²) >= 11 is 0. The lowest BCUT2D eigenvalue weighted by Gasteiger charge is -2.03. The first-order valence-electron chi connectivity index (χ1n) is 14.8. The Morgan fingerprint density at radius 2 is 0.737 bits per heavy atom. The van der Waals surface area contributed by atoms with E-state index in [9.17, 15) is 0 Å². The third-order valence-corrected chi connectivity index (χ3v) is 7.09. The lowest BCUT2D eigenvalue weighted by atomic mass is 10.1. The average Bonchev–Trinajstić information content (AvgIpc) is 2.95. The van der Waals surface area contributed by atoms with E-state index < -0.39 is 0 Å². The van der Waals surface area contributed by atoms with Crippen molar-refractivity contribution in [3.63, 3.8) is 0 Å². The van der Waals surface area contributed by atoms with E-state index in [4.69, 9.17) is 11.1 Å². The summed E-state index contributed by atoms with van der Waals surface area (Å²) in [4.78, 5) is 5.59. The fourth-order valence-corrected chi connectivity index (χ4v) is 4.76. The topological polar surface area (TPSA) is 105 Å². The normalized spacial score (nSPS) is 10.6. The molecule has 0 amide bonds. The summed E-state index contributed by atoms with van der Waals surface area (Å²) < 4.78 is 4.59. The van der Waals surface area contributed by atoms with Gasteiger partial charge in [0.25, 0.3) is 0 Å². The number of nitrogens with zero attached hydrogens (tertiary/aromatic N) is 8. The van der Waals surface area contributed by atoms with Crippen LogP contribution in [0.15, 0.2) is 59.3 Å². The summed E-state index contributed by atoms with van der Waals surface area (Å²) in [7, 11) is 0. The molecule has 0 aliphatic heterocycles. The molecule has 38 heavy (non-hydrogen) atoms. The first-order valence-corrected chi connectivity index (χ1v) is 14.8. The summed E-state index contributed by atoms with van der Waals surface area (Å²) in [5, 5.41) is 7.17. The summed E-state index contributed by atoms with van der Waals surface area (Å²) in [6, 6.07) is 8.92. The summed E-state index contributed by atoms with van der Waals surface area (Å²) in [6.07, 6.45) is 28.5. The highest BCUT2D eigenvalue weighted by Crippen LogP contribution is 2.16. The van der Waals surface area contributed by atoms with Crippen LogP contribution in [0.3, 0.4) is 0 Å². The molecule has 0 saturated heterocycles. The Labute approximate surface area is 229 Å². The molecule has 0 spiro atoms. The molecule has 8 nitrogen and oxygen atoms in total. The Balaban J connectivity index is 1.52. The fourth-order valence-electron chi connectivity index (χ4n) is 4.76. The van der Waals surface area contributed by atoms with Crippen LogP contribution in [-0.4, -0.2) is 13.1 Å². The van der Waals surface area contributed by atoms with Gasteiger partial charge in [0.05, 0.1) is 0 Å². The molecule has 0 atom stereocenters. The molecule has 0 bridgehead atoms. The molecule has 0 fully saturated rings. The van der Waals surface area contributed by atoms with Gasteiger partial charge in [0.2, 0.25) is 0 Å². The second-order valence-corrected chi connectivity index (χ2v) is 10.2. The van der Waals surface area contributed by atoms with Gasteiger partial charge in [-0.1, -0.05) is 74.4 Å². The van der Waals surface area contributed by atoms with Crippen LogP contribution in [0.5, 0.6) is 0 Å². The van der Waals surface area contributed by atoms with E-state index in [0.717, 1.165) is 25.9 Å². The maximum atomic E-state index is 8.27. The van der Waals surface area contributed by atoms with E-state index in [1.165, 1.54) is 101 Å². The number of unbranched alkanes of at least 4 members (excludes halogenated alkanes) is 14. The molecule has 0 unspecified atom stereocenters. The predicted octanol–water partition coefficient (Wildman–Crippen LogP) is 8.79. The first kappa shape index (κ1) is 31.1. The van der Waals surface area contributed by atoms with E-state index in [0.29, 0.717) is 13.1 Å². The maximum Gasteiger partial charge on any atom is 0.169 e. The SMILES string of the molecule is [N-]=[N+]=NCCCCCCCCCC[n+]1ccc(-c2cc[n+](CCCCCCCCCCN=[N+]=[N-])cc2)cc1. The fraction of sp³-hybridized carbons (Fsp3) is 0.667. The van der Waals surface area contributed by atoms with E-state index in [1.807, 2.05) is 0 Å². The quantitative estimate of drug-likeness (QED) is 0.0459. The van der Waals surface area contributed by atoms with Gasteiger partial charge in [0, 0.05) is 60.0 Å². The second kappa shape index (κ2) is 22.0. The Hall–Kier alpha value is -3.08. The van der Waals surface area contributed by atoms with E-state index in [2.05, 4.69) is 78.2 Å². The summed E-state index contributed by atoms with van der Waals surface area (Å²) in [5.41, 5.74) is 19.1. The van der Waals surface area contributed by atoms with Crippen LogP contribution in [-0.2, 0) is 13.1 Å². The molecule has 0 N–H and O–H groups in total. The minimum atomic E-state index is 0.641. The Morgan fingerprint density at radius 3 is 1.05 bits per heavy atom. The van der Waals surface area contributed by atoms with Crippen LogP contribution >= 0.6 is 0 Å². The molecule has 0 radical (unpaired) electrons. The molecule has 2 rings (SSSR count). The van der Waals surface area contributed by atoms with E-state index in [1.54, 1.807) is 0 Å². The lowest BCUT2D eigenvalue weighted by molar-refractivity contribution is -0.697. The van der Waals surface area contributed by atoms with Crippen molar-refractivity contribution in [2.24, 2.45) is 10.2 Å². The summed E-state index contributed by atoms with van der Waals surface area (Å²) in [6.45, 7) is 3.45. The number of hydrogen-bond donors (Lipinski definition) is 0. The smallest absolute Gasteiger partial charge is 0.169 e. The molecule has 2 heterocycles. The molecule has 0 saturated carbocycles. The van der Waals surface area contributed by atoms with Gasteiger partial charge < -0.3 is 0 Å². The Bertz CT molecular complexity index is 866. The number of hydrogen-bond acceptors (Lipinski definition) is 2. The van der Waals surface area contributed by atoms with Crippen LogP contribution < -0.4 is 9.13 Å². The van der Waals surface area contributed by atoms with Crippen LogP contribution in [0.4, 0.5) is 0 Å². The van der Waals surface area contributed by atoms with Gasteiger partial charge in [-0.05, 0) is 47.9 Å². The van der Waals surface area contributed by atoms with Crippen LogP contribution in [0.2, 0.25) is 0 Å². The molecule has 8 heteroatoms. The summed E-state index contributed by atoms with van der Waals surface area (Å²) in [5.74, 6) is 0. The third-order valence-electron chi connectivity index (χ3n) is 7.09. The zero-order valence-electron chi connectivity index (χ0n) is 23.3. The molecule has 0 aromatic carbocycles. The van der Waals surface area contributed by atoms with Crippen LogP contribution in [0.25, 0.3) is 32.0 Å². The van der Waals surface area contributed by atoms with Crippen molar-refractivity contribution in [2.75, 3.05) is 13.1 Å². The molecule has 0 aliphatic carbocycles. The number of aromatic nitrogens is 2. The van der Waals surface area contributed by atoms with Gasteiger partial charge in [-0.15, -0.1) is 0 Å². The second-order valence-electron chi connectivity index (χ2n) is 10.2.